The third-order valence-electron chi connectivity index (χ3n) is 5.60. The summed E-state index contributed by atoms with van der Waals surface area (Å²) in [5, 5.41) is 19.6. The molecule has 1 heterocycles. The van der Waals surface area contributed by atoms with E-state index in [4.69, 9.17) is 0 Å². The summed E-state index contributed by atoms with van der Waals surface area (Å²) in [6.45, 7) is 4.56. The van der Waals surface area contributed by atoms with Crippen LogP contribution in [0.25, 0.3) is 0 Å². The van der Waals surface area contributed by atoms with Crippen LogP contribution in [0.5, 0.6) is 0 Å². The van der Waals surface area contributed by atoms with Gasteiger partial charge in [0.25, 0.3) is 6.54 Å². The molecule has 1 aromatic rings. The van der Waals surface area contributed by atoms with Gasteiger partial charge in [0, 0.05) is 10.8 Å². The van der Waals surface area contributed by atoms with Crippen LogP contribution in [0.1, 0.15) is 45.1 Å². The summed E-state index contributed by atoms with van der Waals surface area (Å²) >= 11 is 0. The molecule has 0 radical (unpaired) electrons. The third-order valence-corrected chi connectivity index (χ3v) is 5.60. The van der Waals surface area contributed by atoms with Gasteiger partial charge in [0.15, 0.2) is 0 Å². The van der Waals surface area contributed by atoms with Gasteiger partial charge < -0.3 is 16.0 Å². The second-order valence-corrected chi connectivity index (χ2v) is 8.76. The molecule has 0 unspecified atom stereocenters. The predicted octanol–water partition coefficient (Wildman–Crippen LogP) is 1.48. The lowest BCUT2D eigenvalue weighted by molar-refractivity contribution is -0.467. The number of amides is 2. The molecule has 1 aliphatic heterocycles. The van der Waals surface area contributed by atoms with Crippen LogP contribution >= 0.6 is 0 Å². The van der Waals surface area contributed by atoms with E-state index in [9.17, 15) is 24.5 Å². The minimum atomic E-state index is -0.987. The average molecular weight is 447 g/mol. The topological polar surface area (TPSA) is 130 Å². The molecular formula is C23H34N4O5. The number of hydrogen-bond donors (Lipinski definition) is 3. The number of Topliss-reactive ketones (excluding diaryl/α,β-unsaturated/α-hetero) is 1. The zero-order valence-corrected chi connectivity index (χ0v) is 18.8. The standard InChI is InChI=1S/C23H34N4O5/c1-16(2)14-20(26-22(29)18-10-12-24-13-11-18)23(30)25-19(21(28)15-27(31)32)9-8-17-6-4-3-5-7-17/h3-7,16,18-20,24H,8-15H2,1-2H3,(H,25,30)(H,26,29)/t19-,20-/m0/s1. The van der Waals surface area contributed by atoms with Crippen molar-refractivity contribution >= 4 is 17.6 Å². The number of carbonyl (C=O) groups excluding carboxylic acids is 3. The van der Waals surface area contributed by atoms with Gasteiger partial charge >= 0.3 is 0 Å². The first kappa shape index (κ1) is 25.5. The smallest absolute Gasteiger partial charge is 0.263 e. The van der Waals surface area contributed by atoms with Crippen molar-refractivity contribution in [2.24, 2.45) is 11.8 Å². The number of aryl methyl sites for hydroxylation is 1. The maximum Gasteiger partial charge on any atom is 0.263 e. The third kappa shape index (κ3) is 8.74. The van der Waals surface area contributed by atoms with E-state index in [0.717, 1.165) is 18.7 Å². The van der Waals surface area contributed by atoms with Crippen molar-refractivity contribution < 1.29 is 19.3 Å². The van der Waals surface area contributed by atoms with Gasteiger partial charge in [-0.2, -0.15) is 0 Å². The number of nitro groups is 1. The van der Waals surface area contributed by atoms with Gasteiger partial charge in [-0.15, -0.1) is 0 Å². The molecule has 0 saturated carbocycles. The minimum Gasteiger partial charge on any atom is -0.344 e. The molecule has 0 spiro atoms. The number of nitrogens with one attached hydrogen (secondary N) is 3. The normalized spacial score (nSPS) is 16.2. The van der Waals surface area contributed by atoms with Crippen molar-refractivity contribution in [1.29, 1.82) is 0 Å². The van der Waals surface area contributed by atoms with Gasteiger partial charge in [0.2, 0.25) is 17.6 Å². The van der Waals surface area contributed by atoms with E-state index in [2.05, 4.69) is 16.0 Å². The molecule has 2 atom stereocenters. The number of carbonyl (C=O) groups is 3. The van der Waals surface area contributed by atoms with Gasteiger partial charge in [-0.1, -0.05) is 44.2 Å². The molecular weight excluding hydrogens is 412 g/mol. The van der Waals surface area contributed by atoms with Crippen molar-refractivity contribution in [3.8, 4) is 0 Å². The zero-order valence-electron chi connectivity index (χ0n) is 18.8. The number of ketones is 1. The molecule has 0 aliphatic carbocycles. The predicted molar refractivity (Wildman–Crippen MR) is 121 cm³/mol. The molecule has 0 aromatic heterocycles. The Bertz CT molecular complexity index is 778. The monoisotopic (exact) mass is 446 g/mol. The highest BCUT2D eigenvalue weighted by Crippen LogP contribution is 2.14. The molecule has 1 saturated heterocycles. The Morgan fingerprint density at radius 2 is 1.75 bits per heavy atom. The molecule has 2 amide bonds. The zero-order chi connectivity index (χ0) is 23.5. The maximum atomic E-state index is 13.0. The van der Waals surface area contributed by atoms with E-state index in [-0.39, 0.29) is 24.2 Å². The Hall–Kier alpha value is -2.81. The highest BCUT2D eigenvalue weighted by molar-refractivity contribution is 5.93. The van der Waals surface area contributed by atoms with Gasteiger partial charge in [0.1, 0.15) is 6.04 Å². The first-order valence-corrected chi connectivity index (χ1v) is 11.3. The molecule has 0 bridgehead atoms. The van der Waals surface area contributed by atoms with Crippen molar-refractivity contribution in [1.82, 2.24) is 16.0 Å². The number of hydrogen-bond acceptors (Lipinski definition) is 6. The SMILES string of the molecule is CC(C)C[C@H](NC(=O)C1CCNCC1)C(=O)N[C@@H](CCc1ccccc1)C(=O)C[N+](=O)[O-]. The highest BCUT2D eigenvalue weighted by atomic mass is 16.6. The Morgan fingerprint density at radius 1 is 1.09 bits per heavy atom. The van der Waals surface area contributed by atoms with E-state index >= 15 is 0 Å². The molecule has 32 heavy (non-hydrogen) atoms. The number of piperidine rings is 1. The van der Waals surface area contributed by atoms with E-state index in [1.807, 2.05) is 44.2 Å². The van der Waals surface area contributed by atoms with Gasteiger partial charge in [0.05, 0.1) is 6.04 Å². The fourth-order valence-electron chi connectivity index (χ4n) is 3.86. The van der Waals surface area contributed by atoms with Crippen LogP contribution in [-0.2, 0) is 20.8 Å². The van der Waals surface area contributed by atoms with Crippen LogP contribution in [0.15, 0.2) is 30.3 Å². The second kappa shape index (κ2) is 12.9. The van der Waals surface area contributed by atoms with Crippen LogP contribution in [0.3, 0.4) is 0 Å². The van der Waals surface area contributed by atoms with Crippen LogP contribution in [0.4, 0.5) is 0 Å². The fraction of sp³-hybridized carbons (Fsp3) is 0.609. The molecule has 3 N–H and O–H groups in total. The van der Waals surface area contributed by atoms with Crippen molar-refractivity contribution in [2.75, 3.05) is 19.6 Å². The lowest BCUT2D eigenvalue weighted by Gasteiger charge is -2.27. The molecule has 1 aromatic carbocycles. The molecule has 176 valence electrons. The summed E-state index contributed by atoms with van der Waals surface area (Å²) in [6.07, 6.45) is 2.58. The maximum absolute atomic E-state index is 13.0. The molecule has 1 fully saturated rings. The quantitative estimate of drug-likeness (QED) is 0.329. The minimum absolute atomic E-state index is 0.135. The Labute approximate surface area is 188 Å². The Morgan fingerprint density at radius 3 is 2.34 bits per heavy atom. The second-order valence-electron chi connectivity index (χ2n) is 8.76. The first-order valence-electron chi connectivity index (χ1n) is 11.3. The summed E-state index contributed by atoms with van der Waals surface area (Å²) < 4.78 is 0. The summed E-state index contributed by atoms with van der Waals surface area (Å²) in [7, 11) is 0. The first-order chi connectivity index (χ1) is 15.3. The largest absolute Gasteiger partial charge is 0.344 e. The molecule has 9 nitrogen and oxygen atoms in total. The summed E-state index contributed by atoms with van der Waals surface area (Å²) in [6, 6.07) is 7.64. The van der Waals surface area contributed by atoms with Crippen molar-refractivity contribution in [3.05, 3.63) is 46.0 Å². The average Bonchev–Trinajstić information content (AvgIpc) is 2.76. The van der Waals surface area contributed by atoms with Gasteiger partial charge in [-0.25, -0.2) is 0 Å². The summed E-state index contributed by atoms with van der Waals surface area (Å²) in [5.74, 6) is -1.30. The summed E-state index contributed by atoms with van der Waals surface area (Å²) in [5.41, 5.74) is 0.971. The van der Waals surface area contributed by atoms with E-state index in [1.165, 1.54) is 0 Å². The number of benzene rings is 1. The highest BCUT2D eigenvalue weighted by Gasteiger charge is 2.31. The van der Waals surface area contributed by atoms with E-state index in [1.54, 1.807) is 0 Å². The number of rotatable bonds is 12. The van der Waals surface area contributed by atoms with Crippen molar-refractivity contribution in [3.63, 3.8) is 0 Å². The van der Waals surface area contributed by atoms with Crippen molar-refractivity contribution in [2.45, 2.75) is 58.0 Å². The van der Waals surface area contributed by atoms with Crippen LogP contribution in [0.2, 0.25) is 0 Å². The van der Waals surface area contributed by atoms with Gasteiger partial charge in [-0.3, -0.25) is 24.5 Å². The number of nitrogens with zero attached hydrogens (tertiary/aromatic N) is 1. The lowest BCUT2D eigenvalue weighted by Crippen LogP contribution is -2.54. The Balaban J connectivity index is 2.07. The van der Waals surface area contributed by atoms with Gasteiger partial charge in [-0.05, 0) is 56.7 Å². The summed E-state index contributed by atoms with van der Waals surface area (Å²) in [4.78, 5) is 48.4. The fourth-order valence-corrected chi connectivity index (χ4v) is 3.86. The molecule has 9 heteroatoms. The van der Waals surface area contributed by atoms with E-state index < -0.39 is 35.2 Å². The Kier molecular flexibility index (Phi) is 10.3. The van der Waals surface area contributed by atoms with E-state index in [0.29, 0.717) is 25.7 Å². The van der Waals surface area contributed by atoms with Crippen LogP contribution < -0.4 is 16.0 Å². The molecule has 1 aliphatic rings. The van der Waals surface area contributed by atoms with Crippen LogP contribution in [-0.4, -0.2) is 54.2 Å². The lowest BCUT2D eigenvalue weighted by atomic mass is 9.95. The molecule has 2 rings (SSSR count). The van der Waals surface area contributed by atoms with Crippen LogP contribution in [0, 0.1) is 22.0 Å².